The molecule has 0 aliphatic carbocycles. The molecule has 0 saturated heterocycles. The lowest BCUT2D eigenvalue weighted by Crippen LogP contribution is -2.05. The standard InChI is InChI=1S/C7H6F3N5S/c8-7(9,10)4-1-12-15(2-4)3-5-6(11)16-14-13-5/h1-2H,3,11H2. The van der Waals surface area contributed by atoms with Crippen LogP contribution >= 0.6 is 11.5 Å². The molecule has 9 heteroatoms. The van der Waals surface area contributed by atoms with Gasteiger partial charge in [0.05, 0.1) is 18.3 Å². The zero-order chi connectivity index (χ0) is 11.8. The van der Waals surface area contributed by atoms with Gasteiger partial charge in [-0.25, -0.2) is 0 Å². The Morgan fingerprint density at radius 1 is 1.44 bits per heavy atom. The summed E-state index contributed by atoms with van der Waals surface area (Å²) in [6, 6.07) is 0. The SMILES string of the molecule is Nc1snnc1Cn1cc(C(F)(F)F)cn1. The van der Waals surface area contributed by atoms with Crippen molar-refractivity contribution in [2.24, 2.45) is 0 Å². The minimum absolute atomic E-state index is 0.0818. The zero-order valence-electron chi connectivity index (χ0n) is 7.77. The van der Waals surface area contributed by atoms with Gasteiger partial charge in [-0.2, -0.15) is 18.3 Å². The first kappa shape index (κ1) is 10.9. The molecule has 2 N–H and O–H groups in total. The van der Waals surface area contributed by atoms with Crippen molar-refractivity contribution in [1.29, 1.82) is 0 Å². The number of nitrogens with two attached hydrogens (primary N) is 1. The van der Waals surface area contributed by atoms with Crippen molar-refractivity contribution < 1.29 is 13.2 Å². The lowest BCUT2D eigenvalue weighted by atomic mass is 10.3. The van der Waals surface area contributed by atoms with Crippen LogP contribution < -0.4 is 5.73 Å². The average molecular weight is 249 g/mol. The van der Waals surface area contributed by atoms with Crippen molar-refractivity contribution in [2.45, 2.75) is 12.7 Å². The minimum atomic E-state index is -4.38. The van der Waals surface area contributed by atoms with E-state index in [0.717, 1.165) is 28.6 Å². The van der Waals surface area contributed by atoms with Crippen LogP contribution in [0, 0.1) is 0 Å². The number of rotatable bonds is 2. The molecule has 0 aromatic carbocycles. The number of hydrogen-bond acceptors (Lipinski definition) is 5. The van der Waals surface area contributed by atoms with Crippen LogP contribution in [-0.2, 0) is 12.7 Å². The summed E-state index contributed by atoms with van der Waals surface area (Å²) in [4.78, 5) is 0. The molecule has 0 bridgehead atoms. The van der Waals surface area contributed by atoms with Crippen LogP contribution in [-0.4, -0.2) is 19.4 Å². The largest absolute Gasteiger partial charge is 0.419 e. The highest BCUT2D eigenvalue weighted by atomic mass is 32.1. The second-order valence-corrected chi connectivity index (χ2v) is 3.79. The molecule has 2 heterocycles. The number of alkyl halides is 3. The van der Waals surface area contributed by atoms with Crippen LogP contribution in [0.1, 0.15) is 11.3 Å². The second kappa shape index (κ2) is 3.74. The van der Waals surface area contributed by atoms with Crippen LogP contribution in [0.5, 0.6) is 0 Å². The summed E-state index contributed by atoms with van der Waals surface area (Å²) >= 11 is 0.989. The van der Waals surface area contributed by atoms with E-state index in [1.54, 1.807) is 0 Å². The Morgan fingerprint density at radius 3 is 2.69 bits per heavy atom. The predicted molar refractivity (Wildman–Crippen MR) is 50.7 cm³/mol. The molecular weight excluding hydrogens is 243 g/mol. The molecule has 16 heavy (non-hydrogen) atoms. The number of anilines is 1. The summed E-state index contributed by atoms with van der Waals surface area (Å²) in [5.41, 5.74) is 5.13. The number of halogens is 3. The lowest BCUT2D eigenvalue weighted by Gasteiger charge is -2.01. The number of nitrogens with zero attached hydrogens (tertiary/aromatic N) is 4. The Balaban J connectivity index is 2.18. The molecule has 0 saturated carbocycles. The third kappa shape index (κ3) is 2.13. The van der Waals surface area contributed by atoms with Crippen LogP contribution in [0.2, 0.25) is 0 Å². The van der Waals surface area contributed by atoms with E-state index >= 15 is 0 Å². The number of nitrogen functional groups attached to an aromatic ring is 1. The van der Waals surface area contributed by atoms with Gasteiger partial charge in [-0.1, -0.05) is 4.49 Å². The van der Waals surface area contributed by atoms with E-state index in [1.165, 1.54) is 0 Å². The number of hydrogen-bond donors (Lipinski definition) is 1. The molecule has 2 rings (SSSR count). The lowest BCUT2D eigenvalue weighted by molar-refractivity contribution is -0.137. The molecule has 2 aromatic heterocycles. The normalized spacial score (nSPS) is 11.9. The zero-order valence-corrected chi connectivity index (χ0v) is 8.59. The second-order valence-electron chi connectivity index (χ2n) is 3.01. The molecule has 0 aliphatic rings. The maximum absolute atomic E-state index is 12.3. The van der Waals surface area contributed by atoms with Gasteiger partial charge < -0.3 is 5.73 Å². The first-order valence-corrected chi connectivity index (χ1v) is 4.90. The molecule has 0 radical (unpaired) electrons. The van der Waals surface area contributed by atoms with E-state index in [1.807, 2.05) is 0 Å². The first-order chi connectivity index (χ1) is 7.47. The molecule has 5 nitrogen and oxygen atoms in total. The minimum Gasteiger partial charge on any atom is -0.388 e. The van der Waals surface area contributed by atoms with Gasteiger partial charge in [0.2, 0.25) is 0 Å². The fourth-order valence-electron chi connectivity index (χ4n) is 1.08. The van der Waals surface area contributed by atoms with Gasteiger partial charge in [0.1, 0.15) is 10.7 Å². The monoisotopic (exact) mass is 249 g/mol. The predicted octanol–water partition coefficient (Wildman–Crippen LogP) is 1.38. The fourth-order valence-corrected chi connectivity index (χ4v) is 1.51. The highest BCUT2D eigenvalue weighted by Gasteiger charge is 2.32. The summed E-state index contributed by atoms with van der Waals surface area (Å²) in [6.07, 6.45) is -2.72. The van der Waals surface area contributed by atoms with Gasteiger partial charge in [-0.15, -0.1) is 5.10 Å². The van der Waals surface area contributed by atoms with Gasteiger partial charge in [0.15, 0.2) is 0 Å². The van der Waals surface area contributed by atoms with Crippen LogP contribution in [0.4, 0.5) is 18.2 Å². The van der Waals surface area contributed by atoms with Gasteiger partial charge >= 0.3 is 6.18 Å². The highest BCUT2D eigenvalue weighted by Crippen LogP contribution is 2.28. The van der Waals surface area contributed by atoms with E-state index < -0.39 is 11.7 Å². The summed E-state index contributed by atoms with van der Waals surface area (Å²) in [5, 5.41) is 7.64. The molecular formula is C7H6F3N5S. The third-order valence-corrected chi connectivity index (χ3v) is 2.45. The highest BCUT2D eigenvalue weighted by molar-refractivity contribution is 7.09. The van der Waals surface area contributed by atoms with Gasteiger partial charge in [-0.05, 0) is 0 Å². The Labute approximate surface area is 91.9 Å². The summed E-state index contributed by atoms with van der Waals surface area (Å²) in [5.74, 6) is 0. The van der Waals surface area contributed by atoms with Crippen LogP contribution in [0.3, 0.4) is 0 Å². The van der Waals surface area contributed by atoms with Crippen molar-refractivity contribution in [3.8, 4) is 0 Å². The fraction of sp³-hybridized carbons (Fsp3) is 0.286. The molecule has 0 spiro atoms. The molecule has 0 atom stereocenters. The topological polar surface area (TPSA) is 69.6 Å². The molecule has 0 fully saturated rings. The molecule has 0 aliphatic heterocycles. The van der Waals surface area contributed by atoms with Crippen molar-refractivity contribution in [2.75, 3.05) is 5.73 Å². The van der Waals surface area contributed by atoms with Crippen LogP contribution in [0.15, 0.2) is 12.4 Å². The van der Waals surface area contributed by atoms with E-state index in [4.69, 9.17) is 5.73 Å². The maximum Gasteiger partial charge on any atom is 0.419 e. The molecule has 0 amide bonds. The van der Waals surface area contributed by atoms with Crippen molar-refractivity contribution in [1.82, 2.24) is 19.4 Å². The molecule has 2 aromatic rings. The summed E-state index contributed by atoms with van der Waals surface area (Å²) in [7, 11) is 0. The van der Waals surface area contributed by atoms with Gasteiger partial charge in [0, 0.05) is 17.7 Å². The van der Waals surface area contributed by atoms with E-state index in [-0.39, 0.29) is 6.54 Å². The van der Waals surface area contributed by atoms with Crippen molar-refractivity contribution >= 4 is 16.5 Å². The smallest absolute Gasteiger partial charge is 0.388 e. The Morgan fingerprint density at radius 2 is 2.19 bits per heavy atom. The van der Waals surface area contributed by atoms with E-state index in [9.17, 15) is 13.2 Å². The summed E-state index contributed by atoms with van der Waals surface area (Å²) in [6.45, 7) is 0.0818. The average Bonchev–Trinajstić information content (AvgIpc) is 2.76. The quantitative estimate of drug-likeness (QED) is 0.873. The third-order valence-electron chi connectivity index (χ3n) is 1.86. The van der Waals surface area contributed by atoms with Crippen molar-refractivity contribution in [3.05, 3.63) is 23.7 Å². The summed E-state index contributed by atoms with van der Waals surface area (Å²) < 4.78 is 41.5. The Hall–Kier alpha value is -1.64. The van der Waals surface area contributed by atoms with E-state index in [0.29, 0.717) is 10.7 Å². The van der Waals surface area contributed by atoms with Crippen LogP contribution in [0.25, 0.3) is 0 Å². The molecule has 86 valence electrons. The first-order valence-electron chi connectivity index (χ1n) is 4.13. The van der Waals surface area contributed by atoms with Gasteiger partial charge in [0.25, 0.3) is 0 Å². The maximum atomic E-state index is 12.3. The molecule has 0 unspecified atom stereocenters. The van der Waals surface area contributed by atoms with Gasteiger partial charge in [-0.3, -0.25) is 4.68 Å². The Bertz CT molecular complexity index is 488. The van der Waals surface area contributed by atoms with Crippen molar-refractivity contribution in [3.63, 3.8) is 0 Å². The van der Waals surface area contributed by atoms with E-state index in [2.05, 4.69) is 14.7 Å². The Kier molecular flexibility index (Phi) is 2.54. The number of aromatic nitrogens is 4.